The zero-order valence-corrected chi connectivity index (χ0v) is 9.40. The molecule has 0 rings (SSSR count). The van der Waals surface area contributed by atoms with E-state index in [1.54, 1.807) is 0 Å². The highest BCUT2D eigenvalue weighted by Gasteiger charge is 2.06. The minimum Gasteiger partial charge on any atom is -0.302 e. The first kappa shape index (κ1) is 12.2. The summed E-state index contributed by atoms with van der Waals surface area (Å²) in [5.74, 6) is 1.57. The van der Waals surface area contributed by atoms with Gasteiger partial charge in [0.2, 0.25) is 0 Å². The first-order valence-corrected chi connectivity index (χ1v) is 5.56. The fourth-order valence-corrected chi connectivity index (χ4v) is 1.54. The highest BCUT2D eigenvalue weighted by atomic mass is 35.5. The van der Waals surface area contributed by atoms with Gasteiger partial charge in [-0.1, -0.05) is 27.2 Å². The van der Waals surface area contributed by atoms with E-state index in [1.807, 2.05) is 0 Å². The van der Waals surface area contributed by atoms with Crippen molar-refractivity contribution in [2.24, 2.45) is 5.92 Å². The third-order valence-electron chi connectivity index (χ3n) is 2.21. The van der Waals surface area contributed by atoms with Crippen molar-refractivity contribution in [1.82, 2.24) is 4.90 Å². The summed E-state index contributed by atoms with van der Waals surface area (Å²) >= 11 is 5.72. The molecule has 0 aromatic carbocycles. The number of nitrogens with zero attached hydrogens (tertiary/aromatic N) is 1. The van der Waals surface area contributed by atoms with Crippen molar-refractivity contribution < 1.29 is 0 Å². The van der Waals surface area contributed by atoms with E-state index in [-0.39, 0.29) is 0 Å². The van der Waals surface area contributed by atoms with E-state index in [2.05, 4.69) is 25.7 Å². The van der Waals surface area contributed by atoms with E-state index >= 15 is 0 Å². The molecule has 0 radical (unpaired) electrons. The van der Waals surface area contributed by atoms with Gasteiger partial charge in [0.15, 0.2) is 0 Å². The summed E-state index contributed by atoms with van der Waals surface area (Å²) in [5.41, 5.74) is 0. The molecule has 0 amide bonds. The first-order chi connectivity index (χ1) is 5.74. The van der Waals surface area contributed by atoms with Crippen LogP contribution in [0, 0.1) is 5.92 Å². The lowest BCUT2D eigenvalue weighted by molar-refractivity contribution is 0.247. The van der Waals surface area contributed by atoms with Gasteiger partial charge >= 0.3 is 0 Å². The quantitative estimate of drug-likeness (QED) is 0.560. The Hall–Kier alpha value is 0.250. The average molecular weight is 192 g/mol. The monoisotopic (exact) mass is 191 g/mol. The van der Waals surface area contributed by atoms with Crippen LogP contribution in [-0.4, -0.2) is 30.4 Å². The molecule has 0 heterocycles. The second kappa shape index (κ2) is 7.88. The number of hydrogen-bond donors (Lipinski definition) is 0. The highest BCUT2D eigenvalue weighted by Crippen LogP contribution is 2.04. The van der Waals surface area contributed by atoms with E-state index in [0.29, 0.717) is 0 Å². The maximum atomic E-state index is 5.72. The van der Waals surface area contributed by atoms with Crippen LogP contribution in [-0.2, 0) is 0 Å². The van der Waals surface area contributed by atoms with Crippen LogP contribution < -0.4 is 0 Å². The van der Waals surface area contributed by atoms with Gasteiger partial charge < -0.3 is 4.90 Å². The Morgan fingerprint density at radius 1 is 1.25 bits per heavy atom. The van der Waals surface area contributed by atoms with Crippen molar-refractivity contribution in [3.8, 4) is 0 Å². The van der Waals surface area contributed by atoms with Crippen LogP contribution in [0.4, 0.5) is 0 Å². The molecule has 0 aromatic rings. The van der Waals surface area contributed by atoms with E-state index in [9.17, 15) is 0 Å². The summed E-state index contributed by atoms with van der Waals surface area (Å²) in [4.78, 5) is 2.46. The van der Waals surface area contributed by atoms with Gasteiger partial charge in [-0.3, -0.25) is 0 Å². The number of rotatable bonds is 7. The van der Waals surface area contributed by atoms with Crippen LogP contribution in [0.2, 0.25) is 0 Å². The molecular formula is C10H22ClN. The molecule has 0 saturated heterocycles. The molecular weight excluding hydrogens is 170 g/mol. The lowest BCUT2D eigenvalue weighted by atomic mass is 10.1. The van der Waals surface area contributed by atoms with Crippen molar-refractivity contribution in [3.63, 3.8) is 0 Å². The van der Waals surface area contributed by atoms with Crippen molar-refractivity contribution in [2.75, 3.05) is 25.5 Å². The summed E-state index contributed by atoms with van der Waals surface area (Å²) in [7, 11) is 0. The maximum Gasteiger partial charge on any atom is 0.0351 e. The predicted octanol–water partition coefficient (Wildman–Crippen LogP) is 2.98. The minimum absolute atomic E-state index is 0.760. The summed E-state index contributed by atoms with van der Waals surface area (Å²) in [6, 6.07) is 0. The average Bonchev–Trinajstić information content (AvgIpc) is 2.05. The summed E-state index contributed by atoms with van der Waals surface area (Å²) in [6.45, 7) is 10.2. The Morgan fingerprint density at radius 2 is 1.92 bits per heavy atom. The van der Waals surface area contributed by atoms with E-state index < -0.39 is 0 Å². The topological polar surface area (TPSA) is 3.24 Å². The van der Waals surface area contributed by atoms with Crippen LogP contribution >= 0.6 is 11.6 Å². The van der Waals surface area contributed by atoms with Gasteiger partial charge in [-0.25, -0.2) is 0 Å². The standard InChI is InChI=1S/C10H22ClN/c1-4-7-12(8-6-11)9-10(3)5-2/h10H,4-9H2,1-3H3. The minimum atomic E-state index is 0.760. The van der Waals surface area contributed by atoms with Gasteiger partial charge in [-0.2, -0.15) is 0 Å². The largest absolute Gasteiger partial charge is 0.302 e. The molecule has 0 spiro atoms. The molecule has 0 aliphatic heterocycles. The van der Waals surface area contributed by atoms with Crippen LogP contribution in [0.25, 0.3) is 0 Å². The fraction of sp³-hybridized carbons (Fsp3) is 1.00. The van der Waals surface area contributed by atoms with Crippen LogP contribution in [0.15, 0.2) is 0 Å². The Morgan fingerprint density at radius 3 is 2.33 bits per heavy atom. The van der Waals surface area contributed by atoms with Crippen LogP contribution in [0.3, 0.4) is 0 Å². The third-order valence-corrected chi connectivity index (χ3v) is 2.38. The molecule has 1 unspecified atom stereocenters. The summed E-state index contributed by atoms with van der Waals surface area (Å²) in [5, 5.41) is 0. The van der Waals surface area contributed by atoms with Crippen LogP contribution in [0.1, 0.15) is 33.6 Å². The van der Waals surface area contributed by atoms with E-state index in [1.165, 1.54) is 25.9 Å². The highest BCUT2D eigenvalue weighted by molar-refractivity contribution is 6.18. The molecule has 1 nitrogen and oxygen atoms in total. The van der Waals surface area contributed by atoms with E-state index in [4.69, 9.17) is 11.6 Å². The van der Waals surface area contributed by atoms with Gasteiger partial charge in [0.05, 0.1) is 0 Å². The normalized spacial score (nSPS) is 13.8. The van der Waals surface area contributed by atoms with Crippen molar-refractivity contribution in [1.29, 1.82) is 0 Å². The maximum absolute atomic E-state index is 5.72. The molecule has 0 saturated carbocycles. The van der Waals surface area contributed by atoms with Gasteiger partial charge in [-0.15, -0.1) is 11.6 Å². The Labute approximate surface area is 82.1 Å². The molecule has 74 valence electrons. The number of halogens is 1. The van der Waals surface area contributed by atoms with Gasteiger partial charge in [0.1, 0.15) is 0 Å². The Bertz CT molecular complexity index is 89.8. The molecule has 0 N–H and O–H groups in total. The lowest BCUT2D eigenvalue weighted by Gasteiger charge is -2.23. The summed E-state index contributed by atoms with van der Waals surface area (Å²) in [6.07, 6.45) is 2.50. The summed E-state index contributed by atoms with van der Waals surface area (Å²) < 4.78 is 0. The molecule has 0 aromatic heterocycles. The predicted molar refractivity (Wildman–Crippen MR) is 56.9 cm³/mol. The lowest BCUT2D eigenvalue weighted by Crippen LogP contribution is -2.31. The molecule has 1 atom stereocenters. The van der Waals surface area contributed by atoms with Crippen molar-refractivity contribution in [2.45, 2.75) is 33.6 Å². The van der Waals surface area contributed by atoms with Crippen molar-refractivity contribution >= 4 is 11.6 Å². The third kappa shape index (κ3) is 5.84. The smallest absolute Gasteiger partial charge is 0.0351 e. The number of hydrogen-bond acceptors (Lipinski definition) is 1. The molecule has 2 heteroatoms. The Kier molecular flexibility index (Phi) is 8.04. The van der Waals surface area contributed by atoms with Gasteiger partial charge in [-0.05, 0) is 18.9 Å². The van der Waals surface area contributed by atoms with Gasteiger partial charge in [0.25, 0.3) is 0 Å². The zero-order valence-electron chi connectivity index (χ0n) is 8.65. The second-order valence-electron chi connectivity index (χ2n) is 3.50. The molecule has 0 aliphatic rings. The zero-order chi connectivity index (χ0) is 9.40. The molecule has 0 fully saturated rings. The SMILES string of the molecule is CCCN(CCCl)CC(C)CC. The molecule has 12 heavy (non-hydrogen) atoms. The molecule has 0 bridgehead atoms. The molecule has 0 aliphatic carbocycles. The fourth-order valence-electron chi connectivity index (χ4n) is 1.30. The second-order valence-corrected chi connectivity index (χ2v) is 3.88. The first-order valence-electron chi connectivity index (χ1n) is 5.02. The van der Waals surface area contributed by atoms with Gasteiger partial charge in [0, 0.05) is 19.0 Å². The van der Waals surface area contributed by atoms with Crippen molar-refractivity contribution in [3.05, 3.63) is 0 Å². The Balaban J connectivity index is 3.61. The number of alkyl halides is 1. The van der Waals surface area contributed by atoms with E-state index in [0.717, 1.165) is 18.3 Å². The van der Waals surface area contributed by atoms with Crippen LogP contribution in [0.5, 0.6) is 0 Å².